The minimum absolute atomic E-state index is 0.0548. The summed E-state index contributed by atoms with van der Waals surface area (Å²) in [5.74, 6) is 0.0548. The molecule has 1 fully saturated rings. The number of rotatable bonds is 5. The summed E-state index contributed by atoms with van der Waals surface area (Å²) < 4.78 is 1.88. The van der Waals surface area contributed by atoms with Gasteiger partial charge in [0.2, 0.25) is 5.91 Å². The maximum absolute atomic E-state index is 12.8. The lowest BCUT2D eigenvalue weighted by Crippen LogP contribution is -3.10. The van der Waals surface area contributed by atoms with Crippen molar-refractivity contribution in [1.82, 2.24) is 14.7 Å². The average molecular weight is 408 g/mol. The molecule has 1 aliphatic heterocycles. The van der Waals surface area contributed by atoms with Crippen molar-refractivity contribution in [3.8, 4) is 16.3 Å². The Balaban J connectivity index is 1.57. The van der Waals surface area contributed by atoms with E-state index >= 15 is 0 Å². The molecule has 5 nitrogen and oxygen atoms in total. The van der Waals surface area contributed by atoms with Crippen LogP contribution in [0.3, 0.4) is 0 Å². The number of para-hydroxylation sites is 1. The number of aromatic nitrogens is 2. The Morgan fingerprint density at radius 2 is 1.97 bits per heavy atom. The molecule has 3 aromatic rings. The lowest BCUT2D eigenvalue weighted by Gasteiger charge is -2.32. The summed E-state index contributed by atoms with van der Waals surface area (Å²) in [6.45, 7) is 2.25. The van der Waals surface area contributed by atoms with Gasteiger partial charge in [-0.15, -0.1) is 11.3 Å². The summed E-state index contributed by atoms with van der Waals surface area (Å²) in [4.78, 5) is 17.3. The predicted molar refractivity (Wildman–Crippen MR) is 118 cm³/mol. The van der Waals surface area contributed by atoms with E-state index in [0.29, 0.717) is 6.04 Å². The highest BCUT2D eigenvalue weighted by atomic mass is 32.1. The van der Waals surface area contributed by atoms with Crippen LogP contribution in [0.25, 0.3) is 22.3 Å². The number of likely N-dealkylation sites (N-methyl/N-ethyl adjacent to an activating group) is 1. The maximum atomic E-state index is 12.8. The molecule has 6 heteroatoms. The van der Waals surface area contributed by atoms with E-state index in [1.165, 1.54) is 0 Å². The van der Waals surface area contributed by atoms with E-state index in [0.717, 1.165) is 47.8 Å². The molecular formula is C23H27N4OS+. The third-order valence-corrected chi connectivity index (χ3v) is 6.50. The molecule has 0 bridgehead atoms. The molecule has 1 aromatic carbocycles. The highest BCUT2D eigenvalue weighted by Gasteiger charge is 2.25. The minimum Gasteiger partial charge on any atom is -0.339 e. The standard InChI is InChI=1S/C23H26N4OS/c1-25-14-12-19(13-15-25)26(2)22(28)11-10-18-17-27(20-7-4-3-5-8-20)24-23(18)21-9-6-16-29-21/h3-11,16-17,19H,12-15H2,1-2H3/p+1/b11-10+. The van der Waals surface area contributed by atoms with E-state index in [4.69, 9.17) is 5.10 Å². The van der Waals surface area contributed by atoms with E-state index in [-0.39, 0.29) is 5.91 Å². The zero-order valence-electron chi connectivity index (χ0n) is 16.9. The van der Waals surface area contributed by atoms with E-state index < -0.39 is 0 Å². The summed E-state index contributed by atoms with van der Waals surface area (Å²) in [6.07, 6.45) is 7.71. The van der Waals surface area contributed by atoms with Crippen LogP contribution >= 0.6 is 11.3 Å². The Morgan fingerprint density at radius 1 is 1.21 bits per heavy atom. The third-order valence-electron chi connectivity index (χ3n) is 5.63. The first-order valence-corrected chi connectivity index (χ1v) is 10.9. The number of benzene rings is 1. The van der Waals surface area contributed by atoms with Crippen LogP contribution in [0.5, 0.6) is 0 Å². The SMILES string of the molecule is CN(C(=O)/C=C/c1cn(-c2ccccc2)nc1-c1cccs1)C1CC[NH+](C)CC1. The summed E-state index contributed by atoms with van der Waals surface area (Å²) in [6, 6.07) is 14.5. The molecule has 150 valence electrons. The molecule has 3 heterocycles. The quantitative estimate of drug-likeness (QED) is 0.661. The molecule has 0 saturated carbocycles. The zero-order chi connectivity index (χ0) is 20.2. The average Bonchev–Trinajstić information content (AvgIpc) is 3.42. The molecule has 2 aromatic heterocycles. The zero-order valence-corrected chi connectivity index (χ0v) is 17.7. The van der Waals surface area contributed by atoms with Crippen molar-refractivity contribution in [2.45, 2.75) is 18.9 Å². The molecule has 0 unspecified atom stereocenters. The lowest BCUT2D eigenvalue weighted by molar-refractivity contribution is -0.885. The van der Waals surface area contributed by atoms with Gasteiger partial charge in [0, 0.05) is 43.8 Å². The number of hydrogen-bond acceptors (Lipinski definition) is 3. The first kappa shape index (κ1) is 19.6. The topological polar surface area (TPSA) is 42.6 Å². The molecular weight excluding hydrogens is 380 g/mol. The second kappa shape index (κ2) is 8.76. The number of nitrogens with zero attached hydrogens (tertiary/aromatic N) is 3. The minimum atomic E-state index is 0.0548. The summed E-state index contributed by atoms with van der Waals surface area (Å²) in [5.41, 5.74) is 2.85. The van der Waals surface area contributed by atoms with Crippen molar-refractivity contribution in [2.24, 2.45) is 0 Å². The van der Waals surface area contributed by atoms with Gasteiger partial charge in [0.1, 0.15) is 5.69 Å². The van der Waals surface area contributed by atoms with Crippen molar-refractivity contribution in [1.29, 1.82) is 0 Å². The fraction of sp³-hybridized carbons (Fsp3) is 0.304. The number of thiophene rings is 1. The smallest absolute Gasteiger partial charge is 0.246 e. The Bertz CT molecular complexity index is 970. The summed E-state index contributed by atoms with van der Waals surface area (Å²) >= 11 is 1.65. The first-order valence-electron chi connectivity index (χ1n) is 10.1. The molecule has 4 rings (SSSR count). The van der Waals surface area contributed by atoms with Gasteiger partial charge in [0.05, 0.1) is 30.7 Å². The van der Waals surface area contributed by atoms with Gasteiger partial charge in [-0.2, -0.15) is 5.10 Å². The number of quaternary nitrogens is 1. The Kier molecular flexibility index (Phi) is 5.92. The van der Waals surface area contributed by atoms with E-state index in [2.05, 4.69) is 13.1 Å². The highest BCUT2D eigenvalue weighted by Crippen LogP contribution is 2.28. The van der Waals surface area contributed by atoms with E-state index in [9.17, 15) is 4.79 Å². The van der Waals surface area contributed by atoms with Gasteiger partial charge in [-0.1, -0.05) is 24.3 Å². The largest absolute Gasteiger partial charge is 0.339 e. The third kappa shape index (κ3) is 4.49. The van der Waals surface area contributed by atoms with Crippen LogP contribution in [-0.2, 0) is 4.79 Å². The van der Waals surface area contributed by atoms with E-state index in [1.54, 1.807) is 22.3 Å². The van der Waals surface area contributed by atoms with Gasteiger partial charge >= 0.3 is 0 Å². The monoisotopic (exact) mass is 407 g/mol. The van der Waals surface area contributed by atoms with Crippen LogP contribution in [0, 0.1) is 0 Å². The lowest BCUT2D eigenvalue weighted by atomic mass is 10.0. The molecule has 29 heavy (non-hydrogen) atoms. The molecule has 0 atom stereocenters. The van der Waals surface area contributed by atoms with Gasteiger partial charge in [-0.3, -0.25) is 4.79 Å². The van der Waals surface area contributed by atoms with Crippen LogP contribution in [-0.4, -0.2) is 53.8 Å². The van der Waals surface area contributed by atoms with Crippen molar-refractivity contribution >= 4 is 23.3 Å². The first-order chi connectivity index (χ1) is 14.1. The van der Waals surface area contributed by atoms with Crippen LogP contribution in [0.15, 0.2) is 60.1 Å². The number of likely N-dealkylation sites (tertiary alicyclic amines) is 1. The molecule has 0 spiro atoms. The maximum Gasteiger partial charge on any atom is 0.246 e. The van der Waals surface area contributed by atoms with Gasteiger partial charge in [-0.25, -0.2) is 4.68 Å². The van der Waals surface area contributed by atoms with Crippen molar-refractivity contribution in [3.63, 3.8) is 0 Å². The Hall–Kier alpha value is -2.70. The van der Waals surface area contributed by atoms with Crippen LogP contribution in [0.4, 0.5) is 0 Å². The van der Waals surface area contributed by atoms with Crippen molar-refractivity contribution < 1.29 is 9.69 Å². The van der Waals surface area contributed by atoms with Crippen LogP contribution in [0.2, 0.25) is 0 Å². The molecule has 1 aliphatic rings. The van der Waals surface area contributed by atoms with Gasteiger partial charge in [-0.05, 0) is 29.7 Å². The fourth-order valence-electron chi connectivity index (χ4n) is 3.77. The molecule has 0 aliphatic carbocycles. The highest BCUT2D eigenvalue weighted by molar-refractivity contribution is 7.13. The second-order valence-electron chi connectivity index (χ2n) is 7.66. The Labute approximate surface area is 175 Å². The number of carbonyl (C=O) groups is 1. The number of piperidine rings is 1. The van der Waals surface area contributed by atoms with Gasteiger partial charge in [0.15, 0.2) is 0 Å². The molecule has 1 saturated heterocycles. The van der Waals surface area contributed by atoms with Gasteiger partial charge < -0.3 is 9.80 Å². The molecule has 1 N–H and O–H groups in total. The van der Waals surface area contributed by atoms with Crippen molar-refractivity contribution in [3.05, 3.63) is 65.7 Å². The number of nitrogens with one attached hydrogen (secondary N) is 1. The summed E-state index contributed by atoms with van der Waals surface area (Å²) in [7, 11) is 4.14. The summed E-state index contributed by atoms with van der Waals surface area (Å²) in [5, 5.41) is 6.84. The fourth-order valence-corrected chi connectivity index (χ4v) is 4.50. The normalized spacial score (nSPS) is 19.5. The predicted octanol–water partition coefficient (Wildman–Crippen LogP) is 2.75. The van der Waals surface area contributed by atoms with E-state index in [1.807, 2.05) is 70.7 Å². The number of hydrogen-bond donors (Lipinski definition) is 1. The second-order valence-corrected chi connectivity index (χ2v) is 8.61. The van der Waals surface area contributed by atoms with Crippen LogP contribution in [0.1, 0.15) is 18.4 Å². The number of amides is 1. The Morgan fingerprint density at radius 3 is 2.66 bits per heavy atom. The number of carbonyl (C=O) groups excluding carboxylic acids is 1. The van der Waals surface area contributed by atoms with Crippen molar-refractivity contribution in [2.75, 3.05) is 27.2 Å². The molecule has 0 radical (unpaired) electrons. The van der Waals surface area contributed by atoms with Gasteiger partial charge in [0.25, 0.3) is 0 Å². The molecule has 1 amide bonds. The van der Waals surface area contributed by atoms with Crippen LogP contribution < -0.4 is 4.90 Å².